The highest BCUT2D eigenvalue weighted by molar-refractivity contribution is 5.99. The Bertz CT molecular complexity index is 620. The molecule has 0 spiro atoms. The first kappa shape index (κ1) is 13.7. The van der Waals surface area contributed by atoms with Crippen molar-refractivity contribution >= 4 is 11.6 Å². The second kappa shape index (κ2) is 6.00. The van der Waals surface area contributed by atoms with Gasteiger partial charge in [0.1, 0.15) is 0 Å². The summed E-state index contributed by atoms with van der Waals surface area (Å²) in [7, 11) is 1.85. The summed E-state index contributed by atoms with van der Waals surface area (Å²) < 4.78 is 0. The Balaban J connectivity index is 1.85. The number of carbonyl (C=O) groups excluding carboxylic acids is 1. The minimum atomic E-state index is 0.117. The highest BCUT2D eigenvalue weighted by Crippen LogP contribution is 2.31. The first-order valence-electron chi connectivity index (χ1n) is 7.41. The molecule has 1 N–H and O–H groups in total. The molecule has 0 unspecified atom stereocenters. The van der Waals surface area contributed by atoms with Gasteiger partial charge in [-0.15, -0.1) is 0 Å². The molecule has 1 aliphatic rings. The van der Waals surface area contributed by atoms with Crippen molar-refractivity contribution in [3.05, 3.63) is 65.7 Å². The van der Waals surface area contributed by atoms with E-state index < -0.39 is 0 Å². The Morgan fingerprint density at radius 3 is 2.43 bits per heavy atom. The summed E-state index contributed by atoms with van der Waals surface area (Å²) in [5.74, 6) is 0.117. The molecule has 0 bridgehead atoms. The van der Waals surface area contributed by atoms with Crippen molar-refractivity contribution in [1.82, 2.24) is 4.90 Å². The summed E-state index contributed by atoms with van der Waals surface area (Å²) in [5, 5.41) is 3.11. The van der Waals surface area contributed by atoms with Crippen molar-refractivity contribution < 1.29 is 4.79 Å². The maximum absolute atomic E-state index is 12.9. The van der Waals surface area contributed by atoms with E-state index in [2.05, 4.69) is 17.4 Å². The first-order chi connectivity index (χ1) is 10.3. The largest absolute Gasteiger partial charge is 0.387 e. The number of hydrogen-bond donors (Lipinski definition) is 1. The molecule has 0 heterocycles. The molecule has 0 saturated heterocycles. The molecule has 1 aliphatic carbocycles. The molecule has 0 aliphatic heterocycles. The van der Waals surface area contributed by atoms with E-state index >= 15 is 0 Å². The quantitative estimate of drug-likeness (QED) is 0.908. The predicted octanol–water partition coefficient (Wildman–Crippen LogP) is 3.53. The zero-order valence-electron chi connectivity index (χ0n) is 12.3. The van der Waals surface area contributed by atoms with Crippen molar-refractivity contribution in [2.75, 3.05) is 12.4 Å². The van der Waals surface area contributed by atoms with Crippen molar-refractivity contribution in [3.8, 4) is 0 Å². The van der Waals surface area contributed by atoms with E-state index in [1.54, 1.807) is 0 Å². The molecule has 2 aromatic rings. The van der Waals surface area contributed by atoms with Crippen LogP contribution in [0, 0.1) is 0 Å². The average molecular weight is 280 g/mol. The minimum absolute atomic E-state index is 0.117. The third-order valence-corrected chi connectivity index (χ3v) is 3.87. The number of hydrogen-bond acceptors (Lipinski definition) is 2. The van der Waals surface area contributed by atoms with E-state index in [4.69, 9.17) is 0 Å². The highest BCUT2D eigenvalue weighted by Gasteiger charge is 2.33. The molecular formula is C18H20N2O. The van der Waals surface area contributed by atoms with Crippen LogP contribution >= 0.6 is 0 Å². The van der Waals surface area contributed by atoms with Gasteiger partial charge in [-0.1, -0.05) is 42.5 Å². The minimum Gasteiger partial charge on any atom is -0.387 e. The summed E-state index contributed by atoms with van der Waals surface area (Å²) in [6, 6.07) is 18.3. The normalized spacial score (nSPS) is 13.8. The van der Waals surface area contributed by atoms with E-state index in [9.17, 15) is 4.79 Å². The summed E-state index contributed by atoms with van der Waals surface area (Å²) in [6.07, 6.45) is 2.22. The second-order valence-electron chi connectivity index (χ2n) is 5.45. The van der Waals surface area contributed by atoms with Crippen LogP contribution in [0.3, 0.4) is 0 Å². The van der Waals surface area contributed by atoms with Crippen LogP contribution in [0.2, 0.25) is 0 Å². The number of carbonyl (C=O) groups is 1. The van der Waals surface area contributed by atoms with Crippen molar-refractivity contribution in [3.63, 3.8) is 0 Å². The van der Waals surface area contributed by atoms with Crippen molar-refractivity contribution in [2.24, 2.45) is 0 Å². The van der Waals surface area contributed by atoms with Gasteiger partial charge in [-0.25, -0.2) is 0 Å². The van der Waals surface area contributed by atoms with Gasteiger partial charge in [0.25, 0.3) is 5.91 Å². The second-order valence-corrected chi connectivity index (χ2v) is 5.45. The summed E-state index contributed by atoms with van der Waals surface area (Å²) >= 11 is 0. The molecule has 1 fully saturated rings. The number of rotatable bonds is 5. The molecule has 1 saturated carbocycles. The van der Waals surface area contributed by atoms with Crippen LogP contribution < -0.4 is 5.32 Å². The van der Waals surface area contributed by atoms with E-state index in [-0.39, 0.29) is 5.91 Å². The zero-order chi connectivity index (χ0) is 14.7. The van der Waals surface area contributed by atoms with Gasteiger partial charge < -0.3 is 10.2 Å². The fourth-order valence-electron chi connectivity index (χ4n) is 2.58. The molecule has 0 aromatic heterocycles. The summed E-state index contributed by atoms with van der Waals surface area (Å²) in [5.41, 5.74) is 2.82. The fraction of sp³-hybridized carbons (Fsp3) is 0.278. The Morgan fingerprint density at radius 2 is 1.76 bits per heavy atom. The van der Waals surface area contributed by atoms with Gasteiger partial charge in [-0.2, -0.15) is 0 Å². The third-order valence-electron chi connectivity index (χ3n) is 3.87. The maximum Gasteiger partial charge on any atom is 0.256 e. The van der Waals surface area contributed by atoms with Gasteiger partial charge in [0, 0.05) is 25.3 Å². The van der Waals surface area contributed by atoms with Gasteiger partial charge in [-0.3, -0.25) is 4.79 Å². The van der Waals surface area contributed by atoms with Crippen LogP contribution in [0.25, 0.3) is 0 Å². The number of amides is 1. The molecule has 1 amide bonds. The molecule has 108 valence electrons. The average Bonchev–Trinajstić information content (AvgIpc) is 3.37. The predicted molar refractivity (Wildman–Crippen MR) is 85.3 cm³/mol. The Hall–Kier alpha value is -2.29. The topological polar surface area (TPSA) is 32.3 Å². The maximum atomic E-state index is 12.9. The van der Waals surface area contributed by atoms with Crippen LogP contribution in [0.4, 0.5) is 5.69 Å². The monoisotopic (exact) mass is 280 g/mol. The number of nitrogens with zero attached hydrogens (tertiary/aromatic N) is 1. The fourth-order valence-corrected chi connectivity index (χ4v) is 2.58. The molecule has 3 heteroatoms. The number of benzene rings is 2. The zero-order valence-corrected chi connectivity index (χ0v) is 12.3. The highest BCUT2D eigenvalue weighted by atomic mass is 16.2. The van der Waals surface area contributed by atoms with Crippen molar-refractivity contribution in [1.29, 1.82) is 0 Å². The third kappa shape index (κ3) is 3.07. The van der Waals surface area contributed by atoms with Crippen LogP contribution in [-0.4, -0.2) is 23.9 Å². The standard InChI is InChI=1S/C18H20N2O/c1-19-17-10-6-5-9-16(17)18(21)20(15-11-12-15)13-14-7-3-2-4-8-14/h2-10,15,19H,11-13H2,1H3. The molecule has 3 nitrogen and oxygen atoms in total. The number of para-hydroxylation sites is 1. The van der Waals surface area contributed by atoms with E-state index in [1.165, 1.54) is 5.56 Å². The lowest BCUT2D eigenvalue weighted by molar-refractivity contribution is 0.0731. The van der Waals surface area contributed by atoms with Gasteiger partial charge in [0.2, 0.25) is 0 Å². The van der Waals surface area contributed by atoms with Gasteiger partial charge >= 0.3 is 0 Å². The lowest BCUT2D eigenvalue weighted by Crippen LogP contribution is -2.33. The number of anilines is 1. The van der Waals surface area contributed by atoms with Crippen molar-refractivity contribution in [2.45, 2.75) is 25.4 Å². The van der Waals surface area contributed by atoms with Gasteiger partial charge in [0.15, 0.2) is 0 Å². The lowest BCUT2D eigenvalue weighted by atomic mass is 10.1. The SMILES string of the molecule is CNc1ccccc1C(=O)N(Cc1ccccc1)C1CC1. The smallest absolute Gasteiger partial charge is 0.256 e. The molecule has 3 rings (SSSR count). The first-order valence-corrected chi connectivity index (χ1v) is 7.41. The Morgan fingerprint density at radius 1 is 1.10 bits per heavy atom. The molecule has 21 heavy (non-hydrogen) atoms. The van der Waals surface area contributed by atoms with Crippen LogP contribution in [0.5, 0.6) is 0 Å². The number of nitrogens with one attached hydrogen (secondary N) is 1. The van der Waals surface area contributed by atoms with Crippen LogP contribution in [0.15, 0.2) is 54.6 Å². The Labute approximate surface area is 125 Å². The summed E-state index contributed by atoms with van der Waals surface area (Å²) in [4.78, 5) is 14.9. The molecule has 2 aromatic carbocycles. The van der Waals surface area contributed by atoms with Gasteiger partial charge in [-0.05, 0) is 30.5 Å². The summed E-state index contributed by atoms with van der Waals surface area (Å²) in [6.45, 7) is 0.683. The Kier molecular flexibility index (Phi) is 3.91. The lowest BCUT2D eigenvalue weighted by Gasteiger charge is -2.24. The molecule has 0 atom stereocenters. The van der Waals surface area contributed by atoms with Gasteiger partial charge in [0.05, 0.1) is 5.56 Å². The van der Waals surface area contributed by atoms with E-state index in [0.29, 0.717) is 12.6 Å². The molecule has 0 radical (unpaired) electrons. The van der Waals surface area contributed by atoms with E-state index in [1.807, 2.05) is 54.4 Å². The van der Waals surface area contributed by atoms with Crippen LogP contribution in [0.1, 0.15) is 28.8 Å². The molecular weight excluding hydrogens is 260 g/mol. The van der Waals surface area contributed by atoms with E-state index in [0.717, 1.165) is 24.1 Å². The van der Waals surface area contributed by atoms with Crippen LogP contribution in [-0.2, 0) is 6.54 Å².